The Kier molecular flexibility index (Phi) is 10.1. The minimum atomic E-state index is -4.17. The summed E-state index contributed by atoms with van der Waals surface area (Å²) in [5.41, 5.74) is 1.44. The molecule has 0 aliphatic heterocycles. The van der Waals surface area contributed by atoms with Crippen molar-refractivity contribution in [3.8, 4) is 0 Å². The SMILES string of the molecule is Cc1cc(Cl)ccc1N(CC(=O)N(Cc1ccc(F)cc1)C(C)C(=O)NCC(C)C)S(=O)(=O)c1ccccc1. The minimum Gasteiger partial charge on any atom is -0.354 e. The molecule has 0 heterocycles. The van der Waals surface area contributed by atoms with Crippen LogP contribution in [0.2, 0.25) is 5.02 Å². The molecule has 0 spiro atoms. The normalized spacial score (nSPS) is 12.2. The number of amides is 2. The highest BCUT2D eigenvalue weighted by molar-refractivity contribution is 7.92. The second kappa shape index (κ2) is 13.1. The fourth-order valence-corrected chi connectivity index (χ4v) is 5.68. The zero-order valence-electron chi connectivity index (χ0n) is 22.4. The zero-order valence-corrected chi connectivity index (χ0v) is 24.0. The predicted octanol–water partition coefficient (Wildman–Crippen LogP) is 5.17. The van der Waals surface area contributed by atoms with Gasteiger partial charge in [-0.2, -0.15) is 0 Å². The molecule has 0 saturated heterocycles. The van der Waals surface area contributed by atoms with Gasteiger partial charge in [0, 0.05) is 18.1 Å². The van der Waals surface area contributed by atoms with Gasteiger partial charge in [-0.25, -0.2) is 12.8 Å². The van der Waals surface area contributed by atoms with Gasteiger partial charge in [0.25, 0.3) is 10.0 Å². The van der Waals surface area contributed by atoms with Crippen molar-refractivity contribution in [2.75, 3.05) is 17.4 Å². The Balaban J connectivity index is 2.03. The first kappa shape index (κ1) is 30.1. The number of sulfonamides is 1. The summed E-state index contributed by atoms with van der Waals surface area (Å²) in [6, 6.07) is 17.2. The molecule has 1 atom stereocenters. The van der Waals surface area contributed by atoms with Crippen LogP contribution in [0.5, 0.6) is 0 Å². The third kappa shape index (κ3) is 7.80. The van der Waals surface area contributed by atoms with Gasteiger partial charge in [-0.15, -0.1) is 0 Å². The van der Waals surface area contributed by atoms with Crippen LogP contribution in [0.1, 0.15) is 31.9 Å². The Labute approximate surface area is 234 Å². The molecule has 1 unspecified atom stereocenters. The Hall–Kier alpha value is -3.43. The van der Waals surface area contributed by atoms with E-state index in [-0.39, 0.29) is 29.0 Å². The lowest BCUT2D eigenvalue weighted by atomic mass is 10.1. The highest BCUT2D eigenvalue weighted by atomic mass is 35.5. The van der Waals surface area contributed by atoms with Gasteiger partial charge in [-0.1, -0.05) is 55.8 Å². The van der Waals surface area contributed by atoms with Gasteiger partial charge in [-0.05, 0) is 73.4 Å². The molecule has 0 bridgehead atoms. The minimum absolute atomic E-state index is 0.0139. The molecule has 10 heteroatoms. The van der Waals surface area contributed by atoms with Gasteiger partial charge in [0.15, 0.2) is 0 Å². The maximum absolute atomic E-state index is 13.9. The quantitative estimate of drug-likeness (QED) is 0.343. The van der Waals surface area contributed by atoms with Gasteiger partial charge in [0.05, 0.1) is 10.6 Å². The number of nitrogens with one attached hydrogen (secondary N) is 1. The molecule has 0 aromatic heterocycles. The van der Waals surface area contributed by atoms with Crippen LogP contribution < -0.4 is 9.62 Å². The summed E-state index contributed by atoms with van der Waals surface area (Å²) in [6.45, 7) is 7.02. The highest BCUT2D eigenvalue weighted by Gasteiger charge is 2.33. The van der Waals surface area contributed by atoms with E-state index < -0.39 is 34.3 Å². The highest BCUT2D eigenvalue weighted by Crippen LogP contribution is 2.29. The maximum Gasteiger partial charge on any atom is 0.264 e. The van der Waals surface area contributed by atoms with Crippen LogP contribution in [-0.4, -0.2) is 44.3 Å². The molecule has 39 heavy (non-hydrogen) atoms. The van der Waals surface area contributed by atoms with Crippen LogP contribution in [0.3, 0.4) is 0 Å². The number of carbonyl (C=O) groups is 2. The van der Waals surface area contributed by atoms with Gasteiger partial charge < -0.3 is 10.2 Å². The van der Waals surface area contributed by atoms with Crippen molar-refractivity contribution in [3.05, 3.63) is 94.8 Å². The fraction of sp³-hybridized carbons (Fsp3) is 0.310. The molecule has 0 aliphatic carbocycles. The van der Waals surface area contributed by atoms with E-state index in [4.69, 9.17) is 11.6 Å². The molecule has 3 aromatic rings. The van der Waals surface area contributed by atoms with Crippen LogP contribution in [-0.2, 0) is 26.2 Å². The van der Waals surface area contributed by atoms with Crippen LogP contribution in [0.15, 0.2) is 77.7 Å². The zero-order chi connectivity index (χ0) is 28.7. The number of hydrogen-bond acceptors (Lipinski definition) is 4. The van der Waals surface area contributed by atoms with Crippen LogP contribution >= 0.6 is 11.6 Å². The van der Waals surface area contributed by atoms with E-state index in [0.29, 0.717) is 22.7 Å². The first-order valence-corrected chi connectivity index (χ1v) is 14.4. The Bertz CT molecular complexity index is 1400. The number of nitrogens with zero attached hydrogens (tertiary/aromatic N) is 2. The van der Waals surface area contributed by atoms with E-state index in [9.17, 15) is 22.4 Å². The van der Waals surface area contributed by atoms with E-state index in [1.54, 1.807) is 50.2 Å². The molecule has 208 valence electrons. The third-order valence-electron chi connectivity index (χ3n) is 6.16. The van der Waals surface area contributed by atoms with E-state index >= 15 is 0 Å². The average Bonchev–Trinajstić information content (AvgIpc) is 2.90. The summed E-state index contributed by atoms with van der Waals surface area (Å²) >= 11 is 6.12. The van der Waals surface area contributed by atoms with Gasteiger partial charge in [0.2, 0.25) is 11.8 Å². The maximum atomic E-state index is 13.9. The third-order valence-corrected chi connectivity index (χ3v) is 8.16. The second-order valence-corrected chi connectivity index (χ2v) is 12.0. The summed E-state index contributed by atoms with van der Waals surface area (Å²) < 4.78 is 42.2. The molecule has 3 aromatic carbocycles. The van der Waals surface area contributed by atoms with Crippen molar-refractivity contribution in [2.45, 2.75) is 45.2 Å². The van der Waals surface area contributed by atoms with Crippen LogP contribution in [0.25, 0.3) is 0 Å². The van der Waals surface area contributed by atoms with Crippen molar-refractivity contribution >= 4 is 39.1 Å². The molecular weight excluding hydrogens is 541 g/mol. The average molecular weight is 574 g/mol. The molecule has 7 nitrogen and oxygen atoms in total. The predicted molar refractivity (Wildman–Crippen MR) is 151 cm³/mol. The molecule has 0 fully saturated rings. The number of halogens is 2. The Morgan fingerprint density at radius 2 is 1.62 bits per heavy atom. The van der Waals surface area contributed by atoms with Gasteiger partial charge in [-0.3, -0.25) is 13.9 Å². The summed E-state index contributed by atoms with van der Waals surface area (Å²) in [7, 11) is -4.17. The van der Waals surface area contributed by atoms with E-state index in [2.05, 4.69) is 5.32 Å². The van der Waals surface area contributed by atoms with Gasteiger partial charge >= 0.3 is 0 Å². The smallest absolute Gasteiger partial charge is 0.264 e. The lowest BCUT2D eigenvalue weighted by Crippen LogP contribution is -2.51. The van der Waals surface area contributed by atoms with Crippen molar-refractivity contribution in [1.82, 2.24) is 10.2 Å². The molecule has 0 aliphatic rings. The number of rotatable bonds is 11. The molecule has 3 rings (SSSR count). The molecule has 2 amide bonds. The first-order chi connectivity index (χ1) is 18.4. The standard InChI is InChI=1S/C29H33ClFN3O4S/c1-20(2)17-32-29(36)22(4)33(18-23-10-13-25(31)14-11-23)28(35)19-34(27-15-12-24(30)16-21(27)3)39(37,38)26-8-6-5-7-9-26/h5-16,20,22H,17-19H2,1-4H3,(H,32,36). The Morgan fingerprint density at radius 3 is 2.21 bits per heavy atom. The van der Waals surface area contributed by atoms with Crippen molar-refractivity contribution < 1.29 is 22.4 Å². The topological polar surface area (TPSA) is 86.8 Å². The van der Waals surface area contributed by atoms with Crippen molar-refractivity contribution in [2.24, 2.45) is 5.92 Å². The van der Waals surface area contributed by atoms with Gasteiger partial charge in [0.1, 0.15) is 18.4 Å². The van der Waals surface area contributed by atoms with Crippen LogP contribution in [0.4, 0.5) is 10.1 Å². The lowest BCUT2D eigenvalue weighted by Gasteiger charge is -2.32. The van der Waals surface area contributed by atoms with E-state index in [0.717, 1.165) is 4.31 Å². The summed E-state index contributed by atoms with van der Waals surface area (Å²) in [4.78, 5) is 28.2. The van der Waals surface area contributed by atoms with E-state index in [1.807, 2.05) is 13.8 Å². The molecule has 1 N–H and O–H groups in total. The first-order valence-electron chi connectivity index (χ1n) is 12.6. The Morgan fingerprint density at radius 1 is 0.974 bits per heavy atom. The molecule has 0 radical (unpaired) electrons. The number of hydrogen-bond donors (Lipinski definition) is 1. The van der Waals surface area contributed by atoms with Crippen LogP contribution in [0, 0.1) is 18.7 Å². The van der Waals surface area contributed by atoms with E-state index in [1.165, 1.54) is 41.3 Å². The monoisotopic (exact) mass is 573 g/mol. The number of aryl methyl sites for hydroxylation is 1. The fourth-order valence-electron chi connectivity index (χ4n) is 3.95. The van der Waals surface area contributed by atoms with Crippen molar-refractivity contribution in [3.63, 3.8) is 0 Å². The summed E-state index contributed by atoms with van der Waals surface area (Å²) in [6.07, 6.45) is 0. The summed E-state index contributed by atoms with van der Waals surface area (Å²) in [5.74, 6) is -1.21. The largest absolute Gasteiger partial charge is 0.354 e. The molecule has 0 saturated carbocycles. The second-order valence-electron chi connectivity index (χ2n) is 9.72. The summed E-state index contributed by atoms with van der Waals surface area (Å²) in [5, 5.41) is 3.25. The van der Waals surface area contributed by atoms with Crippen molar-refractivity contribution in [1.29, 1.82) is 0 Å². The number of benzene rings is 3. The number of carbonyl (C=O) groups excluding carboxylic acids is 2. The number of anilines is 1. The lowest BCUT2D eigenvalue weighted by molar-refractivity contribution is -0.139. The molecular formula is C29H33ClFN3O4S.